The summed E-state index contributed by atoms with van der Waals surface area (Å²) in [5.74, 6) is -1.41. The topological polar surface area (TPSA) is 75.4 Å². The molecule has 2 rings (SSSR count). The Morgan fingerprint density at radius 3 is 2.63 bits per heavy atom. The van der Waals surface area contributed by atoms with Gasteiger partial charge in [0.15, 0.2) is 0 Å². The third-order valence-corrected chi connectivity index (χ3v) is 4.02. The van der Waals surface area contributed by atoms with Crippen LogP contribution in [0.2, 0.25) is 5.02 Å². The first-order chi connectivity index (χ1) is 8.90. The number of amides is 1. The van der Waals surface area contributed by atoms with E-state index in [9.17, 15) is 9.59 Å². The summed E-state index contributed by atoms with van der Waals surface area (Å²) in [6.07, 6.45) is 0.513. The molecule has 19 heavy (non-hydrogen) atoms. The molecule has 7 heteroatoms. The van der Waals surface area contributed by atoms with Crippen molar-refractivity contribution in [3.05, 3.63) is 16.4 Å². The molecule has 0 aromatic carbocycles. The summed E-state index contributed by atoms with van der Waals surface area (Å²) < 4.78 is 1.56. The van der Waals surface area contributed by atoms with Crippen molar-refractivity contribution in [2.75, 3.05) is 13.1 Å². The van der Waals surface area contributed by atoms with Crippen LogP contribution in [0.15, 0.2) is 0 Å². The van der Waals surface area contributed by atoms with E-state index in [4.69, 9.17) is 16.7 Å². The normalized spacial score (nSPS) is 18.9. The Bertz CT molecular complexity index is 527. The Hall–Kier alpha value is -1.56. The standard InChI is InChI=1S/C12H16ClN3O3/c1-7-11(13)8(2)16(14-7)6-10(17)15-4-3-9(5-15)12(18)19/h9H,3-6H2,1-2H3,(H,18,19). The second-order valence-electron chi connectivity index (χ2n) is 4.81. The van der Waals surface area contributed by atoms with Gasteiger partial charge in [0.25, 0.3) is 0 Å². The van der Waals surface area contributed by atoms with E-state index in [2.05, 4.69) is 5.10 Å². The third-order valence-electron chi connectivity index (χ3n) is 3.47. The molecule has 0 spiro atoms. The summed E-state index contributed by atoms with van der Waals surface area (Å²) in [5.41, 5.74) is 1.44. The number of nitrogens with zero attached hydrogens (tertiary/aromatic N) is 3. The lowest BCUT2D eigenvalue weighted by atomic mass is 10.1. The molecule has 1 aliphatic rings. The molecule has 1 saturated heterocycles. The lowest BCUT2D eigenvalue weighted by Gasteiger charge is -2.16. The van der Waals surface area contributed by atoms with Gasteiger partial charge in [0.05, 0.1) is 22.3 Å². The number of carbonyl (C=O) groups excluding carboxylic acids is 1. The molecule has 104 valence electrons. The molecule has 1 aromatic rings. The van der Waals surface area contributed by atoms with E-state index in [0.717, 1.165) is 5.69 Å². The quantitative estimate of drug-likeness (QED) is 0.902. The smallest absolute Gasteiger partial charge is 0.308 e. The van der Waals surface area contributed by atoms with Crippen LogP contribution in [0.4, 0.5) is 0 Å². The third kappa shape index (κ3) is 2.73. The monoisotopic (exact) mass is 285 g/mol. The lowest BCUT2D eigenvalue weighted by Crippen LogP contribution is -2.33. The van der Waals surface area contributed by atoms with Gasteiger partial charge in [0.2, 0.25) is 5.91 Å². The average molecular weight is 286 g/mol. The van der Waals surface area contributed by atoms with Crippen LogP contribution in [-0.2, 0) is 16.1 Å². The fourth-order valence-electron chi connectivity index (χ4n) is 2.25. The molecule has 0 saturated carbocycles. The fourth-order valence-corrected chi connectivity index (χ4v) is 2.38. The minimum absolute atomic E-state index is 0.103. The van der Waals surface area contributed by atoms with Gasteiger partial charge < -0.3 is 10.0 Å². The Kier molecular flexibility index (Phi) is 3.80. The van der Waals surface area contributed by atoms with Crippen molar-refractivity contribution in [2.24, 2.45) is 5.92 Å². The molecule has 1 unspecified atom stereocenters. The number of likely N-dealkylation sites (tertiary alicyclic amines) is 1. The number of aromatic nitrogens is 2. The molecule has 1 N–H and O–H groups in total. The van der Waals surface area contributed by atoms with Crippen molar-refractivity contribution in [2.45, 2.75) is 26.8 Å². The fraction of sp³-hybridized carbons (Fsp3) is 0.583. The Morgan fingerprint density at radius 2 is 2.16 bits per heavy atom. The maximum atomic E-state index is 12.1. The highest BCUT2D eigenvalue weighted by Gasteiger charge is 2.31. The van der Waals surface area contributed by atoms with Gasteiger partial charge >= 0.3 is 5.97 Å². The van der Waals surface area contributed by atoms with Crippen LogP contribution in [0, 0.1) is 19.8 Å². The van der Waals surface area contributed by atoms with Crippen LogP contribution in [-0.4, -0.2) is 44.8 Å². The number of halogens is 1. The van der Waals surface area contributed by atoms with Crippen LogP contribution in [0.1, 0.15) is 17.8 Å². The van der Waals surface area contributed by atoms with E-state index in [1.54, 1.807) is 23.4 Å². The maximum Gasteiger partial charge on any atom is 0.308 e. The van der Waals surface area contributed by atoms with E-state index < -0.39 is 11.9 Å². The second-order valence-corrected chi connectivity index (χ2v) is 5.18. The summed E-state index contributed by atoms with van der Waals surface area (Å²) in [7, 11) is 0. The highest BCUT2D eigenvalue weighted by Crippen LogP contribution is 2.20. The highest BCUT2D eigenvalue weighted by molar-refractivity contribution is 6.31. The van der Waals surface area contributed by atoms with Gasteiger partial charge in [-0.25, -0.2) is 0 Å². The molecule has 1 amide bonds. The van der Waals surface area contributed by atoms with E-state index in [1.165, 1.54) is 0 Å². The number of carboxylic acids is 1. The molecule has 0 aliphatic carbocycles. The van der Waals surface area contributed by atoms with Gasteiger partial charge in [-0.05, 0) is 20.3 Å². The van der Waals surface area contributed by atoms with Gasteiger partial charge in [0.1, 0.15) is 6.54 Å². The van der Waals surface area contributed by atoms with Gasteiger partial charge in [0, 0.05) is 13.1 Å². The second kappa shape index (κ2) is 5.21. The lowest BCUT2D eigenvalue weighted by molar-refractivity contribution is -0.141. The van der Waals surface area contributed by atoms with Crippen LogP contribution >= 0.6 is 11.6 Å². The zero-order valence-corrected chi connectivity index (χ0v) is 11.6. The molecular weight excluding hydrogens is 270 g/mol. The first kappa shape index (κ1) is 13.9. The zero-order valence-electron chi connectivity index (χ0n) is 10.9. The van der Waals surface area contributed by atoms with Crippen LogP contribution < -0.4 is 0 Å². The van der Waals surface area contributed by atoms with E-state index in [-0.39, 0.29) is 19.0 Å². The van der Waals surface area contributed by atoms with Crippen molar-refractivity contribution >= 4 is 23.5 Å². The highest BCUT2D eigenvalue weighted by atomic mass is 35.5. The number of carboxylic acid groups (broad SMARTS) is 1. The number of carbonyl (C=O) groups is 2. The first-order valence-electron chi connectivity index (χ1n) is 6.10. The minimum atomic E-state index is -0.843. The maximum absolute atomic E-state index is 12.1. The van der Waals surface area contributed by atoms with Crippen molar-refractivity contribution in [1.29, 1.82) is 0 Å². The predicted molar refractivity (Wildman–Crippen MR) is 69.0 cm³/mol. The molecule has 0 radical (unpaired) electrons. The molecule has 2 heterocycles. The van der Waals surface area contributed by atoms with Crippen molar-refractivity contribution in [3.63, 3.8) is 0 Å². The molecule has 0 bridgehead atoms. The molecule has 1 aliphatic heterocycles. The number of aliphatic carboxylic acids is 1. The van der Waals surface area contributed by atoms with Gasteiger partial charge in [-0.15, -0.1) is 0 Å². The SMILES string of the molecule is Cc1nn(CC(=O)N2CCC(C(=O)O)C2)c(C)c1Cl. The van der Waals surface area contributed by atoms with E-state index in [0.29, 0.717) is 23.7 Å². The van der Waals surface area contributed by atoms with Crippen LogP contribution in [0.25, 0.3) is 0 Å². The number of rotatable bonds is 3. The summed E-state index contributed by atoms with van der Waals surface area (Å²) in [4.78, 5) is 24.5. The zero-order chi connectivity index (χ0) is 14.2. The van der Waals surface area contributed by atoms with Crippen molar-refractivity contribution < 1.29 is 14.7 Å². The van der Waals surface area contributed by atoms with Crippen molar-refractivity contribution in [1.82, 2.24) is 14.7 Å². The number of hydrogen-bond donors (Lipinski definition) is 1. The minimum Gasteiger partial charge on any atom is -0.481 e. The Labute approximate surface area is 115 Å². The Balaban J connectivity index is 2.02. The molecule has 1 aromatic heterocycles. The number of aryl methyl sites for hydroxylation is 1. The molecule has 1 atom stereocenters. The summed E-state index contributed by atoms with van der Waals surface area (Å²) in [6.45, 7) is 4.46. The average Bonchev–Trinajstić information content (AvgIpc) is 2.92. The van der Waals surface area contributed by atoms with Crippen LogP contribution in [0.5, 0.6) is 0 Å². The van der Waals surface area contributed by atoms with Crippen LogP contribution in [0.3, 0.4) is 0 Å². The van der Waals surface area contributed by atoms with E-state index in [1.807, 2.05) is 0 Å². The first-order valence-corrected chi connectivity index (χ1v) is 6.48. The van der Waals surface area contributed by atoms with Gasteiger partial charge in [-0.3, -0.25) is 14.3 Å². The largest absolute Gasteiger partial charge is 0.481 e. The molecule has 1 fully saturated rings. The van der Waals surface area contributed by atoms with E-state index >= 15 is 0 Å². The Morgan fingerprint density at radius 1 is 1.47 bits per heavy atom. The summed E-state index contributed by atoms with van der Waals surface area (Å²) in [6, 6.07) is 0. The number of hydrogen-bond acceptors (Lipinski definition) is 3. The summed E-state index contributed by atoms with van der Waals surface area (Å²) >= 11 is 6.02. The van der Waals surface area contributed by atoms with Gasteiger partial charge in [-0.1, -0.05) is 11.6 Å². The van der Waals surface area contributed by atoms with Crippen molar-refractivity contribution in [3.8, 4) is 0 Å². The molecule has 6 nitrogen and oxygen atoms in total. The molecular formula is C12H16ClN3O3. The van der Waals surface area contributed by atoms with Gasteiger partial charge in [-0.2, -0.15) is 5.10 Å². The predicted octanol–water partition coefficient (Wildman–Crippen LogP) is 1.09. The summed E-state index contributed by atoms with van der Waals surface area (Å²) in [5, 5.41) is 13.7.